The summed E-state index contributed by atoms with van der Waals surface area (Å²) in [7, 11) is 2.18. The predicted octanol–water partition coefficient (Wildman–Crippen LogP) is 3.17. The lowest BCUT2D eigenvalue weighted by Crippen LogP contribution is -2.49. The Balaban J connectivity index is 1.91. The van der Waals surface area contributed by atoms with Gasteiger partial charge in [-0.05, 0) is 44.2 Å². The molecule has 1 heterocycles. The SMILES string of the molecule is Cc1occc1CN(C)CC1CCCC(C)(C)C1N. The molecule has 1 aliphatic carbocycles. The molecule has 1 saturated carbocycles. The molecule has 1 aromatic rings. The first-order valence-electron chi connectivity index (χ1n) is 7.37. The molecular formula is C16H28N2O. The van der Waals surface area contributed by atoms with Crippen LogP contribution in [0.1, 0.15) is 44.4 Å². The Morgan fingerprint density at radius 2 is 2.21 bits per heavy atom. The lowest BCUT2D eigenvalue weighted by molar-refractivity contribution is 0.109. The van der Waals surface area contributed by atoms with Gasteiger partial charge in [0.2, 0.25) is 0 Å². The van der Waals surface area contributed by atoms with Gasteiger partial charge in [0.1, 0.15) is 5.76 Å². The quantitative estimate of drug-likeness (QED) is 0.908. The van der Waals surface area contributed by atoms with Crippen LogP contribution in [0.5, 0.6) is 0 Å². The first-order valence-corrected chi connectivity index (χ1v) is 7.37. The zero-order valence-electron chi connectivity index (χ0n) is 12.8. The van der Waals surface area contributed by atoms with Gasteiger partial charge in [0.15, 0.2) is 0 Å². The van der Waals surface area contributed by atoms with Crippen LogP contribution >= 0.6 is 0 Å². The van der Waals surface area contributed by atoms with E-state index in [2.05, 4.69) is 31.9 Å². The maximum Gasteiger partial charge on any atom is 0.105 e. The summed E-state index contributed by atoms with van der Waals surface area (Å²) in [5.41, 5.74) is 8.03. The van der Waals surface area contributed by atoms with Crippen molar-refractivity contribution < 1.29 is 4.42 Å². The Labute approximate surface area is 117 Å². The van der Waals surface area contributed by atoms with Crippen LogP contribution in [0.3, 0.4) is 0 Å². The Kier molecular flexibility index (Phi) is 4.36. The summed E-state index contributed by atoms with van der Waals surface area (Å²) in [5, 5.41) is 0. The molecule has 1 fully saturated rings. The van der Waals surface area contributed by atoms with E-state index in [9.17, 15) is 0 Å². The number of rotatable bonds is 4. The van der Waals surface area contributed by atoms with E-state index in [1.165, 1.54) is 24.8 Å². The molecule has 1 aromatic heterocycles. The van der Waals surface area contributed by atoms with Gasteiger partial charge in [0.25, 0.3) is 0 Å². The number of nitrogens with two attached hydrogens (primary N) is 1. The Hall–Kier alpha value is -0.800. The molecule has 2 N–H and O–H groups in total. The van der Waals surface area contributed by atoms with Gasteiger partial charge in [0.05, 0.1) is 6.26 Å². The van der Waals surface area contributed by atoms with Crippen LogP contribution in [-0.4, -0.2) is 24.5 Å². The lowest BCUT2D eigenvalue weighted by atomic mass is 9.68. The maximum atomic E-state index is 6.46. The number of nitrogens with zero attached hydrogens (tertiary/aromatic N) is 1. The van der Waals surface area contributed by atoms with Gasteiger partial charge in [-0.3, -0.25) is 0 Å². The molecular weight excluding hydrogens is 236 g/mol. The molecule has 0 aliphatic heterocycles. The van der Waals surface area contributed by atoms with E-state index >= 15 is 0 Å². The third kappa shape index (κ3) is 3.40. The molecule has 0 bridgehead atoms. The fourth-order valence-electron chi connectivity index (χ4n) is 3.34. The van der Waals surface area contributed by atoms with Crippen molar-refractivity contribution in [2.24, 2.45) is 17.1 Å². The molecule has 0 amide bonds. The summed E-state index contributed by atoms with van der Waals surface area (Å²) in [4.78, 5) is 2.38. The fourth-order valence-corrected chi connectivity index (χ4v) is 3.34. The van der Waals surface area contributed by atoms with Crippen molar-refractivity contribution in [2.45, 2.75) is 52.6 Å². The monoisotopic (exact) mass is 264 g/mol. The Bertz CT molecular complexity index is 411. The normalized spacial score (nSPS) is 26.8. The molecule has 0 saturated heterocycles. The topological polar surface area (TPSA) is 42.4 Å². The van der Waals surface area contributed by atoms with E-state index in [1.54, 1.807) is 6.26 Å². The number of hydrogen-bond donors (Lipinski definition) is 1. The van der Waals surface area contributed by atoms with Crippen LogP contribution in [0.15, 0.2) is 16.7 Å². The summed E-state index contributed by atoms with van der Waals surface area (Å²) in [5.74, 6) is 1.64. The van der Waals surface area contributed by atoms with Crippen LogP contribution in [0.25, 0.3) is 0 Å². The Morgan fingerprint density at radius 1 is 1.47 bits per heavy atom. The van der Waals surface area contributed by atoms with Crippen LogP contribution in [0, 0.1) is 18.3 Å². The van der Waals surface area contributed by atoms with Crippen molar-refractivity contribution in [1.29, 1.82) is 0 Å². The van der Waals surface area contributed by atoms with Gasteiger partial charge in [-0.15, -0.1) is 0 Å². The largest absolute Gasteiger partial charge is 0.469 e. The van der Waals surface area contributed by atoms with E-state index < -0.39 is 0 Å². The molecule has 0 radical (unpaired) electrons. The minimum absolute atomic E-state index is 0.287. The predicted molar refractivity (Wildman–Crippen MR) is 78.9 cm³/mol. The second kappa shape index (κ2) is 5.68. The van der Waals surface area contributed by atoms with Crippen molar-refractivity contribution in [3.05, 3.63) is 23.7 Å². The third-order valence-electron chi connectivity index (χ3n) is 4.76. The molecule has 1 aliphatic rings. The molecule has 0 aromatic carbocycles. The van der Waals surface area contributed by atoms with Crippen molar-refractivity contribution in [3.63, 3.8) is 0 Å². The van der Waals surface area contributed by atoms with Crippen LogP contribution < -0.4 is 5.73 Å². The van der Waals surface area contributed by atoms with Gasteiger partial charge in [-0.25, -0.2) is 0 Å². The van der Waals surface area contributed by atoms with E-state index in [4.69, 9.17) is 10.2 Å². The second-order valence-corrected chi connectivity index (χ2v) is 6.87. The van der Waals surface area contributed by atoms with Gasteiger partial charge >= 0.3 is 0 Å². The highest BCUT2D eigenvalue weighted by Crippen LogP contribution is 2.38. The van der Waals surface area contributed by atoms with Crippen molar-refractivity contribution in [1.82, 2.24) is 4.90 Å². The highest BCUT2D eigenvalue weighted by Gasteiger charge is 2.36. The number of furan rings is 1. The molecule has 2 atom stereocenters. The lowest BCUT2D eigenvalue weighted by Gasteiger charge is -2.43. The van der Waals surface area contributed by atoms with E-state index in [1.807, 2.05) is 6.92 Å². The molecule has 0 spiro atoms. The van der Waals surface area contributed by atoms with Crippen molar-refractivity contribution in [2.75, 3.05) is 13.6 Å². The summed E-state index contributed by atoms with van der Waals surface area (Å²) in [6, 6.07) is 2.38. The summed E-state index contributed by atoms with van der Waals surface area (Å²) in [6.45, 7) is 8.67. The zero-order chi connectivity index (χ0) is 14.0. The molecule has 2 unspecified atom stereocenters. The average molecular weight is 264 g/mol. The summed E-state index contributed by atoms with van der Waals surface area (Å²) < 4.78 is 5.36. The first-order chi connectivity index (χ1) is 8.90. The Morgan fingerprint density at radius 3 is 2.84 bits per heavy atom. The summed E-state index contributed by atoms with van der Waals surface area (Å²) >= 11 is 0. The third-order valence-corrected chi connectivity index (χ3v) is 4.76. The first kappa shape index (κ1) is 14.6. The van der Waals surface area contributed by atoms with Crippen LogP contribution in [0.2, 0.25) is 0 Å². The van der Waals surface area contributed by atoms with E-state index in [0.717, 1.165) is 18.8 Å². The smallest absolute Gasteiger partial charge is 0.105 e. The number of hydrogen-bond acceptors (Lipinski definition) is 3. The second-order valence-electron chi connectivity index (χ2n) is 6.87. The van der Waals surface area contributed by atoms with Gasteiger partial charge in [0, 0.05) is 24.7 Å². The highest BCUT2D eigenvalue weighted by molar-refractivity contribution is 5.15. The minimum Gasteiger partial charge on any atom is -0.469 e. The molecule has 3 nitrogen and oxygen atoms in total. The van der Waals surface area contributed by atoms with E-state index in [0.29, 0.717) is 12.0 Å². The van der Waals surface area contributed by atoms with Crippen LogP contribution in [0.4, 0.5) is 0 Å². The molecule has 3 heteroatoms. The van der Waals surface area contributed by atoms with Gasteiger partial charge < -0.3 is 15.1 Å². The minimum atomic E-state index is 0.287. The average Bonchev–Trinajstić information content (AvgIpc) is 2.71. The summed E-state index contributed by atoms with van der Waals surface area (Å²) in [6.07, 6.45) is 5.60. The molecule has 19 heavy (non-hydrogen) atoms. The maximum absolute atomic E-state index is 6.46. The zero-order valence-corrected chi connectivity index (χ0v) is 12.8. The van der Waals surface area contributed by atoms with Crippen molar-refractivity contribution in [3.8, 4) is 0 Å². The van der Waals surface area contributed by atoms with Crippen molar-refractivity contribution >= 4 is 0 Å². The van der Waals surface area contributed by atoms with Gasteiger partial charge in [-0.2, -0.15) is 0 Å². The fraction of sp³-hybridized carbons (Fsp3) is 0.750. The van der Waals surface area contributed by atoms with Gasteiger partial charge in [-0.1, -0.05) is 20.3 Å². The highest BCUT2D eigenvalue weighted by atomic mass is 16.3. The van der Waals surface area contributed by atoms with E-state index in [-0.39, 0.29) is 5.41 Å². The molecule has 108 valence electrons. The standard InChI is InChI=1S/C16H28N2O/c1-12-13(7-9-19-12)10-18(4)11-14-6-5-8-16(2,3)15(14)17/h7,9,14-15H,5-6,8,10-11,17H2,1-4H3. The number of aryl methyl sites for hydroxylation is 1. The molecule has 2 rings (SSSR count). The van der Waals surface area contributed by atoms with Crippen LogP contribution in [-0.2, 0) is 6.54 Å².